The Kier molecular flexibility index (Phi) is 4.03. The Morgan fingerprint density at radius 1 is 1.43 bits per heavy atom. The van der Waals surface area contributed by atoms with Gasteiger partial charge in [-0.1, -0.05) is 0 Å². The van der Waals surface area contributed by atoms with E-state index in [1.54, 1.807) is 11.6 Å². The van der Waals surface area contributed by atoms with Crippen LogP contribution >= 0.6 is 11.3 Å². The minimum Gasteiger partial charge on any atom is -0.396 e. The van der Waals surface area contributed by atoms with Crippen LogP contribution in [0.1, 0.15) is 36.0 Å². The molecule has 6 nitrogen and oxygen atoms in total. The molecule has 1 amide bonds. The van der Waals surface area contributed by atoms with Crippen LogP contribution in [-0.2, 0) is 0 Å². The molecular formula is C14H17N3O3S. The molecule has 0 atom stereocenters. The summed E-state index contributed by atoms with van der Waals surface area (Å²) in [4.78, 5) is 29.2. The summed E-state index contributed by atoms with van der Waals surface area (Å²) in [5.41, 5.74) is -0.252. The van der Waals surface area contributed by atoms with Gasteiger partial charge in [-0.05, 0) is 31.6 Å². The van der Waals surface area contributed by atoms with Crippen molar-refractivity contribution in [2.45, 2.75) is 31.7 Å². The zero-order valence-electron chi connectivity index (χ0n) is 11.5. The zero-order valence-corrected chi connectivity index (χ0v) is 12.3. The smallest absolute Gasteiger partial charge is 0.271 e. The number of aromatic nitrogens is 2. The van der Waals surface area contributed by atoms with E-state index >= 15 is 0 Å². The van der Waals surface area contributed by atoms with Crippen LogP contribution in [0.4, 0.5) is 0 Å². The van der Waals surface area contributed by atoms with E-state index in [4.69, 9.17) is 5.11 Å². The molecule has 7 heteroatoms. The van der Waals surface area contributed by atoms with Gasteiger partial charge in [0.1, 0.15) is 5.56 Å². The molecule has 0 aliphatic heterocycles. The summed E-state index contributed by atoms with van der Waals surface area (Å²) >= 11 is 1.36. The number of fused-ring (bicyclic) bond motifs is 1. The molecule has 0 radical (unpaired) electrons. The maximum atomic E-state index is 12.2. The van der Waals surface area contributed by atoms with Crippen LogP contribution in [0.3, 0.4) is 0 Å². The molecule has 2 aromatic rings. The number of amides is 1. The molecule has 0 saturated heterocycles. The van der Waals surface area contributed by atoms with Gasteiger partial charge in [-0.15, -0.1) is 11.3 Å². The van der Waals surface area contributed by atoms with Crippen LogP contribution in [0.15, 0.2) is 22.6 Å². The van der Waals surface area contributed by atoms with Crippen molar-refractivity contribution < 1.29 is 9.90 Å². The summed E-state index contributed by atoms with van der Waals surface area (Å²) in [6.45, 7) is 0.209. The van der Waals surface area contributed by atoms with Crippen molar-refractivity contribution in [3.8, 4) is 0 Å². The summed E-state index contributed by atoms with van der Waals surface area (Å²) in [5, 5.41) is 13.8. The topological polar surface area (TPSA) is 83.7 Å². The molecular weight excluding hydrogens is 290 g/mol. The summed E-state index contributed by atoms with van der Waals surface area (Å²) in [7, 11) is 0. The molecule has 2 heterocycles. The molecule has 1 fully saturated rings. The standard InChI is InChI=1S/C14H17N3O3S/c18-8-9-1-3-10(4-2-9)16-12(19)11-7-15-14-17(13(11)20)5-6-21-14/h5-7,9-10,18H,1-4,8H2,(H,16,19). The number of thiazole rings is 1. The first kappa shape index (κ1) is 14.2. The summed E-state index contributed by atoms with van der Waals surface area (Å²) in [6.07, 6.45) is 6.46. The largest absolute Gasteiger partial charge is 0.396 e. The van der Waals surface area contributed by atoms with E-state index in [9.17, 15) is 9.59 Å². The molecule has 3 rings (SSSR count). The van der Waals surface area contributed by atoms with E-state index < -0.39 is 0 Å². The Balaban J connectivity index is 1.72. The average molecular weight is 307 g/mol. The van der Waals surface area contributed by atoms with E-state index in [0.29, 0.717) is 10.9 Å². The monoisotopic (exact) mass is 307 g/mol. The Hall–Kier alpha value is -1.73. The highest BCUT2D eigenvalue weighted by Crippen LogP contribution is 2.23. The summed E-state index contributed by atoms with van der Waals surface area (Å²) < 4.78 is 1.39. The van der Waals surface area contributed by atoms with Crippen molar-refractivity contribution in [3.05, 3.63) is 33.7 Å². The number of nitrogens with zero attached hydrogens (tertiary/aromatic N) is 2. The third-order valence-electron chi connectivity index (χ3n) is 4.03. The number of aliphatic hydroxyl groups is 1. The van der Waals surface area contributed by atoms with E-state index in [1.165, 1.54) is 21.9 Å². The number of carbonyl (C=O) groups excluding carboxylic acids is 1. The first-order valence-corrected chi connectivity index (χ1v) is 7.93. The normalized spacial score (nSPS) is 22.3. The van der Waals surface area contributed by atoms with Gasteiger partial charge in [0.05, 0.1) is 0 Å². The van der Waals surface area contributed by atoms with Gasteiger partial charge in [0.25, 0.3) is 11.5 Å². The number of aliphatic hydroxyl groups excluding tert-OH is 1. The molecule has 1 aliphatic carbocycles. The Bertz CT molecular complexity index is 701. The molecule has 21 heavy (non-hydrogen) atoms. The van der Waals surface area contributed by atoms with Gasteiger partial charge in [-0.25, -0.2) is 4.98 Å². The molecule has 0 bridgehead atoms. The molecule has 0 spiro atoms. The quantitative estimate of drug-likeness (QED) is 0.887. The highest BCUT2D eigenvalue weighted by Gasteiger charge is 2.23. The fraction of sp³-hybridized carbons (Fsp3) is 0.500. The van der Waals surface area contributed by atoms with Gasteiger partial charge in [0.2, 0.25) is 0 Å². The van der Waals surface area contributed by atoms with E-state index in [2.05, 4.69) is 10.3 Å². The third kappa shape index (κ3) is 2.84. The van der Waals surface area contributed by atoms with Crippen molar-refractivity contribution >= 4 is 22.2 Å². The second-order valence-electron chi connectivity index (χ2n) is 5.41. The number of hydrogen-bond acceptors (Lipinski definition) is 5. The second kappa shape index (κ2) is 5.95. The summed E-state index contributed by atoms with van der Waals surface area (Å²) in [6, 6.07) is 0.0721. The molecule has 2 aromatic heterocycles. The Labute approximate surface area is 125 Å². The fourth-order valence-corrected chi connectivity index (χ4v) is 3.41. The third-order valence-corrected chi connectivity index (χ3v) is 4.80. The van der Waals surface area contributed by atoms with Gasteiger partial charge in [0, 0.05) is 30.4 Å². The first-order chi connectivity index (χ1) is 10.2. The van der Waals surface area contributed by atoms with Crippen molar-refractivity contribution in [1.29, 1.82) is 0 Å². The summed E-state index contributed by atoms with van der Waals surface area (Å²) in [5.74, 6) is -0.0202. The van der Waals surface area contributed by atoms with Gasteiger partial charge < -0.3 is 10.4 Å². The van der Waals surface area contributed by atoms with Crippen molar-refractivity contribution in [1.82, 2.24) is 14.7 Å². The lowest BCUT2D eigenvalue weighted by molar-refractivity contribution is 0.0912. The lowest BCUT2D eigenvalue weighted by Crippen LogP contribution is -2.40. The van der Waals surface area contributed by atoms with E-state index in [1.807, 2.05) is 0 Å². The van der Waals surface area contributed by atoms with E-state index in [-0.39, 0.29) is 29.7 Å². The maximum Gasteiger partial charge on any atom is 0.271 e. The highest BCUT2D eigenvalue weighted by atomic mass is 32.1. The fourth-order valence-electron chi connectivity index (χ4n) is 2.73. The molecule has 0 unspecified atom stereocenters. The highest BCUT2D eigenvalue weighted by molar-refractivity contribution is 7.15. The molecule has 0 aromatic carbocycles. The van der Waals surface area contributed by atoms with Crippen LogP contribution in [0.2, 0.25) is 0 Å². The van der Waals surface area contributed by atoms with Crippen LogP contribution in [0.5, 0.6) is 0 Å². The van der Waals surface area contributed by atoms with Crippen LogP contribution in [0, 0.1) is 5.92 Å². The van der Waals surface area contributed by atoms with Crippen molar-refractivity contribution in [2.24, 2.45) is 5.92 Å². The molecule has 2 N–H and O–H groups in total. The van der Waals surface area contributed by atoms with Gasteiger partial charge in [-0.2, -0.15) is 0 Å². The Morgan fingerprint density at radius 2 is 2.19 bits per heavy atom. The predicted octanol–water partition coefficient (Wildman–Crippen LogP) is 1.04. The lowest BCUT2D eigenvalue weighted by atomic mass is 9.86. The number of carbonyl (C=O) groups is 1. The van der Waals surface area contributed by atoms with Crippen molar-refractivity contribution in [2.75, 3.05) is 6.61 Å². The van der Waals surface area contributed by atoms with Crippen molar-refractivity contribution in [3.63, 3.8) is 0 Å². The molecule has 112 valence electrons. The van der Waals surface area contributed by atoms with Crippen LogP contribution in [-0.4, -0.2) is 33.0 Å². The zero-order chi connectivity index (χ0) is 14.8. The molecule has 1 aliphatic rings. The minimum atomic E-state index is -0.361. The number of nitrogens with one attached hydrogen (secondary N) is 1. The predicted molar refractivity (Wildman–Crippen MR) is 79.6 cm³/mol. The average Bonchev–Trinajstić information content (AvgIpc) is 2.98. The second-order valence-corrected chi connectivity index (χ2v) is 6.28. The maximum absolute atomic E-state index is 12.2. The van der Waals surface area contributed by atoms with Gasteiger partial charge in [0.15, 0.2) is 4.96 Å². The van der Waals surface area contributed by atoms with Gasteiger partial charge in [-0.3, -0.25) is 14.0 Å². The van der Waals surface area contributed by atoms with Crippen LogP contribution < -0.4 is 10.9 Å². The Morgan fingerprint density at radius 3 is 2.90 bits per heavy atom. The number of hydrogen-bond donors (Lipinski definition) is 2. The van der Waals surface area contributed by atoms with Crippen LogP contribution in [0.25, 0.3) is 4.96 Å². The number of rotatable bonds is 3. The first-order valence-electron chi connectivity index (χ1n) is 7.05. The lowest BCUT2D eigenvalue weighted by Gasteiger charge is -2.27. The SMILES string of the molecule is O=C(NC1CCC(CO)CC1)c1cnc2sccn2c1=O. The molecule has 1 saturated carbocycles. The van der Waals surface area contributed by atoms with Gasteiger partial charge >= 0.3 is 0 Å². The van der Waals surface area contributed by atoms with E-state index in [0.717, 1.165) is 25.7 Å². The minimum absolute atomic E-state index is 0.0721.